The number of nitrogens with one attached hydrogen (secondary N) is 5. The van der Waals surface area contributed by atoms with Crippen molar-refractivity contribution >= 4 is 36.4 Å². The molecule has 6 amide bonds. The Kier molecular flexibility index (Phi) is 26.8. The molecule has 12 rings (SSSR count). The van der Waals surface area contributed by atoms with Gasteiger partial charge >= 0.3 is 30.5 Å². The first kappa shape index (κ1) is 78.1. The van der Waals surface area contributed by atoms with Gasteiger partial charge in [-0.3, -0.25) is 9.69 Å². The zero-order valence-corrected chi connectivity index (χ0v) is 58.6. The fourth-order valence-corrected chi connectivity index (χ4v) is 13.6. The SMILES string of the molecule is O=C(N[C@H]1[C@@H](O[C@H]2[C@@H](O)[C@H](O[C@@H]3[C@@H](O)[C@H](NC(=O)C4(O)CN(C(=O)OCc5ccccc5)C4)C[C@H](NC(=O)OCc4ccccc4)[C@H]3O[C@H]3O[C@H](CNCCO)[C@H](O)C[C@H]3NC(=O)OCc3ccccc3)O[C@@H]2CO)O[C@H]2CN(C(=O)OCc3ccccc3)C(c3ccccc3)O[C@H]2[C@@H]1O)OCc1ccccc1. The number of benzene rings is 6. The third-order valence-corrected chi connectivity index (χ3v) is 19.3. The van der Waals surface area contributed by atoms with Crippen molar-refractivity contribution in [2.75, 3.05) is 45.9 Å². The van der Waals surface area contributed by atoms with Gasteiger partial charge < -0.3 is 124 Å². The topological polar surface area (TPSA) is 421 Å². The van der Waals surface area contributed by atoms with Crippen molar-refractivity contribution in [3.8, 4) is 0 Å². The first-order valence-corrected chi connectivity index (χ1v) is 35.6. The summed E-state index contributed by atoms with van der Waals surface area (Å²) in [5, 5.41) is 96.5. The standard InChI is InChI=1S/C76H89N7O25/c84-32-31-77-35-55-54(86)34-53(80-72(92)98-39-46-21-9-2-10-22-46)67(102-55)106-62-52(79-71(91)97-38-45-19-7-1-8-20-45)33-51(78-70(90)76(96)43-82(44-76)74(94)100-41-48-25-13-4-14-26-48)59(87)65(62)108-69-61(89)64(57(37-85)104-69)107-68-58(81-73(93)99-40-47-23-11-3-12-24-47)60(88)63-56(103-68)36-83(66(105-63)50-29-17-6-18-30-50)75(95)101-42-49-27-15-5-16-28-49/h1-30,51-69,77,84-89,96H,31-44H2,(H,78,90)(H,79,91)(H,80,92)(H,81,93)/t51-,52+,53-,54-,55-,56+,57-,58-,59+,60-,61-,62-,63-,64-,65-,66?,67-,68-,69+/m1/s1. The van der Waals surface area contributed by atoms with Gasteiger partial charge in [-0.2, -0.15) is 0 Å². The van der Waals surface area contributed by atoms with Crippen molar-refractivity contribution in [2.24, 2.45) is 0 Å². The summed E-state index contributed by atoms with van der Waals surface area (Å²) in [6, 6.07) is 46.3. The number of carbonyl (C=O) groups excluding carboxylic acids is 6. The maximum Gasteiger partial charge on any atom is 0.412 e. The van der Waals surface area contributed by atoms with Gasteiger partial charge in [0.05, 0.1) is 63.2 Å². The molecule has 6 aromatic carbocycles. The predicted molar refractivity (Wildman–Crippen MR) is 374 cm³/mol. The normalized spacial score (nSPS) is 29.2. The molecule has 5 saturated heterocycles. The Hall–Kier alpha value is -9.46. The number of hydrogen-bond donors (Lipinski definition) is 12. The average Bonchev–Trinajstić information content (AvgIpc) is 1.19. The van der Waals surface area contributed by atoms with E-state index in [9.17, 15) is 64.5 Å². The number of ether oxygens (including phenoxy) is 12. The van der Waals surface area contributed by atoms with E-state index in [0.717, 1.165) is 4.90 Å². The van der Waals surface area contributed by atoms with Gasteiger partial charge in [-0.15, -0.1) is 0 Å². The van der Waals surface area contributed by atoms with Crippen LogP contribution < -0.4 is 26.6 Å². The summed E-state index contributed by atoms with van der Waals surface area (Å²) >= 11 is 0. The molecule has 1 unspecified atom stereocenters. The molecule has 32 heteroatoms. The van der Waals surface area contributed by atoms with Crippen LogP contribution >= 0.6 is 0 Å². The minimum atomic E-state index is -2.28. The second-order valence-corrected chi connectivity index (χ2v) is 27.0. The van der Waals surface area contributed by atoms with Gasteiger partial charge in [0.2, 0.25) is 0 Å². The first-order chi connectivity index (χ1) is 52.4. The summed E-state index contributed by atoms with van der Waals surface area (Å²) < 4.78 is 74.4. The van der Waals surface area contributed by atoms with Crippen LogP contribution in [0.2, 0.25) is 0 Å². The van der Waals surface area contributed by atoms with E-state index in [0.29, 0.717) is 33.4 Å². The zero-order chi connectivity index (χ0) is 75.7. The van der Waals surface area contributed by atoms with Crippen LogP contribution in [-0.2, 0) is 94.7 Å². The molecule has 12 N–H and O–H groups in total. The van der Waals surface area contributed by atoms with Crippen LogP contribution in [0.15, 0.2) is 182 Å². The number of fused-ring (bicyclic) bond motifs is 1. The molecule has 6 fully saturated rings. The number of likely N-dealkylation sites (tertiary alicyclic amines) is 1. The molecule has 19 atom stereocenters. The number of nitrogens with zero attached hydrogens (tertiary/aromatic N) is 2. The lowest BCUT2D eigenvalue weighted by atomic mass is 9.82. The van der Waals surface area contributed by atoms with Crippen LogP contribution in [0.3, 0.4) is 0 Å². The second kappa shape index (κ2) is 37.1. The van der Waals surface area contributed by atoms with Gasteiger partial charge in [-0.25, -0.2) is 24.0 Å². The van der Waals surface area contributed by atoms with Crippen molar-refractivity contribution in [1.29, 1.82) is 0 Å². The van der Waals surface area contributed by atoms with E-state index in [1.807, 2.05) is 6.07 Å². The summed E-state index contributed by atoms with van der Waals surface area (Å²) in [5.74, 6) is -1.09. The molecule has 1 saturated carbocycles. The quantitative estimate of drug-likeness (QED) is 0.0260. The van der Waals surface area contributed by atoms with Crippen LogP contribution in [0.4, 0.5) is 24.0 Å². The molecule has 0 radical (unpaired) electrons. The highest BCUT2D eigenvalue weighted by Gasteiger charge is 2.59. The van der Waals surface area contributed by atoms with Gasteiger partial charge in [0, 0.05) is 25.1 Å². The van der Waals surface area contributed by atoms with Crippen molar-refractivity contribution in [3.63, 3.8) is 0 Å². The number of carbonyl (C=O) groups is 6. The molecule has 0 bridgehead atoms. The lowest BCUT2D eigenvalue weighted by Crippen LogP contribution is -2.73. The fraction of sp³-hybridized carbons (Fsp3) is 0.447. The second-order valence-electron chi connectivity index (χ2n) is 27.0. The molecule has 6 aliphatic rings. The maximum atomic E-state index is 14.5. The molecule has 32 nitrogen and oxygen atoms in total. The van der Waals surface area contributed by atoms with E-state index in [1.54, 1.807) is 176 Å². The molecule has 108 heavy (non-hydrogen) atoms. The minimum Gasteiger partial charge on any atom is -0.445 e. The van der Waals surface area contributed by atoms with E-state index in [2.05, 4.69) is 26.6 Å². The van der Waals surface area contributed by atoms with Crippen molar-refractivity contribution in [1.82, 2.24) is 36.4 Å². The maximum absolute atomic E-state index is 14.5. The Bertz CT molecular complexity index is 3870. The fourth-order valence-electron chi connectivity index (χ4n) is 13.6. The Morgan fingerprint density at radius 3 is 1.46 bits per heavy atom. The van der Waals surface area contributed by atoms with Crippen LogP contribution in [0.5, 0.6) is 0 Å². The first-order valence-electron chi connectivity index (χ1n) is 35.6. The van der Waals surface area contributed by atoms with E-state index in [4.69, 9.17) is 56.8 Å². The van der Waals surface area contributed by atoms with Gasteiger partial charge in [0.15, 0.2) is 30.7 Å². The number of hydrogen-bond acceptors (Lipinski definition) is 26. The predicted octanol–water partition coefficient (Wildman–Crippen LogP) is 2.62. The van der Waals surface area contributed by atoms with Crippen LogP contribution in [0.25, 0.3) is 0 Å². The Balaban J connectivity index is 0.855. The number of alkyl carbamates (subject to hydrolysis) is 3. The van der Waals surface area contributed by atoms with Crippen molar-refractivity contribution < 1.29 is 121 Å². The van der Waals surface area contributed by atoms with E-state index >= 15 is 0 Å². The number of aliphatic hydroxyl groups is 7. The minimum absolute atomic E-state index is 0.0660. The molecular formula is C76H89N7O25. The molecule has 6 aromatic rings. The summed E-state index contributed by atoms with van der Waals surface area (Å²) in [6.07, 6.45) is -30.4. The molecule has 1 aliphatic carbocycles. The molecule has 5 aliphatic heterocycles. The van der Waals surface area contributed by atoms with Gasteiger partial charge in [-0.05, 0) is 34.2 Å². The Labute approximate surface area is 620 Å². The zero-order valence-electron chi connectivity index (χ0n) is 58.6. The van der Waals surface area contributed by atoms with E-state index < -0.39 is 185 Å². The van der Waals surface area contributed by atoms with Gasteiger partial charge in [0.1, 0.15) is 94.0 Å². The van der Waals surface area contributed by atoms with E-state index in [-0.39, 0.29) is 65.7 Å². The van der Waals surface area contributed by atoms with Crippen LogP contribution in [-0.4, -0.2) is 244 Å². The molecular weight excluding hydrogens is 1410 g/mol. The highest BCUT2D eigenvalue weighted by Crippen LogP contribution is 2.40. The summed E-state index contributed by atoms with van der Waals surface area (Å²) in [7, 11) is 0. The Morgan fingerprint density at radius 2 is 0.935 bits per heavy atom. The molecule has 5 heterocycles. The van der Waals surface area contributed by atoms with Gasteiger partial charge in [-0.1, -0.05) is 182 Å². The largest absolute Gasteiger partial charge is 0.445 e. The smallest absolute Gasteiger partial charge is 0.412 e. The number of aliphatic hydroxyl groups excluding tert-OH is 6. The number of rotatable bonds is 27. The number of β-amino-alcohol motifs (C(OH)–C–C–N with tert-alkyl or cyclic N) is 1. The van der Waals surface area contributed by atoms with Crippen LogP contribution in [0, 0.1) is 0 Å². The summed E-state index contributed by atoms with van der Waals surface area (Å²) in [4.78, 5) is 86.5. The highest BCUT2D eigenvalue weighted by molar-refractivity contribution is 5.89. The molecule has 0 aromatic heterocycles. The van der Waals surface area contributed by atoms with Crippen molar-refractivity contribution in [2.45, 2.75) is 168 Å². The lowest BCUT2D eigenvalue weighted by Gasteiger charge is -2.51. The molecule has 0 spiro atoms. The van der Waals surface area contributed by atoms with E-state index in [1.165, 1.54) is 4.90 Å². The monoisotopic (exact) mass is 1500 g/mol. The van der Waals surface area contributed by atoms with Crippen LogP contribution in [0.1, 0.15) is 52.5 Å². The number of amides is 6. The Morgan fingerprint density at radius 1 is 0.463 bits per heavy atom. The molecule has 578 valence electrons. The van der Waals surface area contributed by atoms with Crippen molar-refractivity contribution in [3.05, 3.63) is 215 Å². The summed E-state index contributed by atoms with van der Waals surface area (Å²) in [5.41, 5.74) is 1.37. The third-order valence-electron chi connectivity index (χ3n) is 19.3. The van der Waals surface area contributed by atoms with Gasteiger partial charge in [0.25, 0.3) is 5.91 Å². The third kappa shape index (κ3) is 19.9. The lowest BCUT2D eigenvalue weighted by molar-refractivity contribution is -0.323. The highest BCUT2D eigenvalue weighted by atomic mass is 16.8. The average molecular weight is 1500 g/mol. The summed E-state index contributed by atoms with van der Waals surface area (Å²) in [6.45, 7) is -3.63.